The number of halogens is 1. The van der Waals surface area contributed by atoms with Crippen molar-refractivity contribution in [3.05, 3.63) is 22.7 Å². The zero-order valence-corrected chi connectivity index (χ0v) is 11.5. The minimum absolute atomic E-state index is 0.261. The monoisotopic (exact) mass is 256 g/mol. The molecule has 3 nitrogen and oxygen atoms in total. The van der Waals surface area contributed by atoms with Crippen LogP contribution in [-0.4, -0.2) is 19.7 Å². The van der Waals surface area contributed by atoms with Crippen molar-refractivity contribution in [3.63, 3.8) is 0 Å². The van der Waals surface area contributed by atoms with E-state index in [0.29, 0.717) is 10.8 Å². The van der Waals surface area contributed by atoms with Crippen molar-refractivity contribution in [2.75, 3.05) is 19.0 Å². The molecule has 1 aromatic rings. The second kappa shape index (κ2) is 6.72. The van der Waals surface area contributed by atoms with E-state index >= 15 is 0 Å². The number of nitrogens with one attached hydrogen (secondary N) is 1. The van der Waals surface area contributed by atoms with Crippen molar-refractivity contribution in [2.45, 2.75) is 32.7 Å². The van der Waals surface area contributed by atoms with Gasteiger partial charge in [0.1, 0.15) is 5.75 Å². The molecule has 0 aromatic heterocycles. The van der Waals surface area contributed by atoms with Crippen LogP contribution in [0.1, 0.15) is 25.3 Å². The van der Waals surface area contributed by atoms with E-state index < -0.39 is 0 Å². The summed E-state index contributed by atoms with van der Waals surface area (Å²) in [5.74, 6) is 0.713. The molecule has 4 heteroatoms. The molecule has 3 N–H and O–H groups in total. The molecule has 1 atom stereocenters. The number of anilines is 1. The van der Waals surface area contributed by atoms with Gasteiger partial charge in [-0.15, -0.1) is 0 Å². The first-order valence-electron chi connectivity index (χ1n) is 5.88. The maximum Gasteiger partial charge on any atom is 0.137 e. The van der Waals surface area contributed by atoms with Crippen LogP contribution in [0.2, 0.25) is 5.02 Å². The van der Waals surface area contributed by atoms with Crippen molar-refractivity contribution in [1.82, 2.24) is 0 Å². The molecule has 17 heavy (non-hydrogen) atoms. The SMILES string of the molecule is COc1cc(C)c(NCCCC(C)N)cc1Cl. The van der Waals surface area contributed by atoms with Gasteiger partial charge in [-0.2, -0.15) is 0 Å². The Hall–Kier alpha value is -0.930. The molecule has 0 fully saturated rings. The van der Waals surface area contributed by atoms with Crippen molar-refractivity contribution >= 4 is 17.3 Å². The number of aryl methyl sites for hydroxylation is 1. The molecule has 0 spiro atoms. The minimum atomic E-state index is 0.261. The van der Waals surface area contributed by atoms with Crippen LogP contribution in [0.25, 0.3) is 0 Å². The zero-order valence-electron chi connectivity index (χ0n) is 10.7. The molecule has 0 aliphatic heterocycles. The summed E-state index contributed by atoms with van der Waals surface area (Å²) in [6, 6.07) is 4.11. The number of nitrogens with two attached hydrogens (primary N) is 1. The predicted molar refractivity (Wildman–Crippen MR) is 74.1 cm³/mol. The normalized spacial score (nSPS) is 12.3. The van der Waals surface area contributed by atoms with Crippen LogP contribution in [0.3, 0.4) is 0 Å². The molecule has 0 saturated heterocycles. The molecule has 0 bridgehead atoms. The predicted octanol–water partition coefficient (Wildman–Crippen LogP) is 3.20. The summed E-state index contributed by atoms with van der Waals surface area (Å²) in [6.45, 7) is 4.97. The number of rotatable bonds is 6. The molecule has 1 rings (SSSR count). The Balaban J connectivity index is 2.56. The van der Waals surface area contributed by atoms with Gasteiger partial charge in [0.2, 0.25) is 0 Å². The summed E-state index contributed by atoms with van der Waals surface area (Å²) in [4.78, 5) is 0. The molecule has 0 aliphatic carbocycles. The lowest BCUT2D eigenvalue weighted by Crippen LogP contribution is -2.16. The highest BCUT2D eigenvalue weighted by molar-refractivity contribution is 6.32. The highest BCUT2D eigenvalue weighted by Crippen LogP contribution is 2.30. The summed E-state index contributed by atoms with van der Waals surface area (Å²) < 4.78 is 5.16. The van der Waals surface area contributed by atoms with E-state index in [-0.39, 0.29) is 6.04 Å². The Morgan fingerprint density at radius 2 is 2.18 bits per heavy atom. The molecular formula is C13H21ClN2O. The van der Waals surface area contributed by atoms with E-state index in [2.05, 4.69) is 5.32 Å². The minimum Gasteiger partial charge on any atom is -0.495 e. The quantitative estimate of drug-likeness (QED) is 0.769. The number of hydrogen-bond donors (Lipinski definition) is 2. The smallest absolute Gasteiger partial charge is 0.137 e. The highest BCUT2D eigenvalue weighted by atomic mass is 35.5. The maximum atomic E-state index is 6.08. The second-order valence-corrected chi connectivity index (χ2v) is 4.76. The Morgan fingerprint density at radius 3 is 2.76 bits per heavy atom. The maximum absolute atomic E-state index is 6.08. The van der Waals surface area contributed by atoms with Gasteiger partial charge in [-0.25, -0.2) is 0 Å². The van der Waals surface area contributed by atoms with Gasteiger partial charge in [-0.05, 0) is 44.4 Å². The van der Waals surface area contributed by atoms with Gasteiger partial charge in [0, 0.05) is 18.3 Å². The van der Waals surface area contributed by atoms with Crippen LogP contribution >= 0.6 is 11.6 Å². The van der Waals surface area contributed by atoms with Gasteiger partial charge < -0.3 is 15.8 Å². The Bertz CT molecular complexity index is 367. The fourth-order valence-corrected chi connectivity index (χ4v) is 1.89. The summed E-state index contributed by atoms with van der Waals surface area (Å²) >= 11 is 6.08. The molecule has 0 saturated carbocycles. The van der Waals surface area contributed by atoms with Crippen molar-refractivity contribution < 1.29 is 4.74 Å². The third kappa shape index (κ3) is 4.44. The molecule has 0 radical (unpaired) electrons. The second-order valence-electron chi connectivity index (χ2n) is 4.35. The van der Waals surface area contributed by atoms with E-state index in [9.17, 15) is 0 Å². The molecule has 0 aliphatic rings. The first-order chi connectivity index (χ1) is 8.04. The summed E-state index contributed by atoms with van der Waals surface area (Å²) in [6.07, 6.45) is 2.08. The van der Waals surface area contributed by atoms with Gasteiger partial charge in [0.15, 0.2) is 0 Å². The van der Waals surface area contributed by atoms with Crippen molar-refractivity contribution in [1.29, 1.82) is 0 Å². The molecule has 96 valence electrons. The third-order valence-electron chi connectivity index (χ3n) is 2.65. The fraction of sp³-hybridized carbons (Fsp3) is 0.538. The average molecular weight is 257 g/mol. The van der Waals surface area contributed by atoms with Gasteiger partial charge in [-0.1, -0.05) is 11.6 Å². The lowest BCUT2D eigenvalue weighted by Gasteiger charge is -2.13. The van der Waals surface area contributed by atoms with Crippen molar-refractivity contribution in [3.8, 4) is 5.75 Å². The number of methoxy groups -OCH3 is 1. The zero-order chi connectivity index (χ0) is 12.8. The molecule has 0 heterocycles. The largest absolute Gasteiger partial charge is 0.495 e. The van der Waals surface area contributed by atoms with Gasteiger partial charge in [0.05, 0.1) is 12.1 Å². The molecule has 1 aromatic carbocycles. The van der Waals surface area contributed by atoms with E-state index in [1.54, 1.807) is 7.11 Å². The molecule has 1 unspecified atom stereocenters. The van der Waals surface area contributed by atoms with E-state index in [1.807, 2.05) is 26.0 Å². The van der Waals surface area contributed by atoms with Crippen LogP contribution in [0.4, 0.5) is 5.69 Å². The summed E-state index contributed by atoms with van der Waals surface area (Å²) in [7, 11) is 1.62. The van der Waals surface area contributed by atoms with E-state index in [0.717, 1.165) is 30.6 Å². The molecule has 0 amide bonds. The number of hydrogen-bond acceptors (Lipinski definition) is 3. The first-order valence-corrected chi connectivity index (χ1v) is 6.26. The van der Waals surface area contributed by atoms with Crippen LogP contribution in [0.15, 0.2) is 12.1 Å². The fourth-order valence-electron chi connectivity index (χ4n) is 1.65. The van der Waals surface area contributed by atoms with Crippen LogP contribution in [0.5, 0.6) is 5.75 Å². The van der Waals surface area contributed by atoms with Crippen LogP contribution in [-0.2, 0) is 0 Å². The van der Waals surface area contributed by atoms with Gasteiger partial charge >= 0.3 is 0 Å². The van der Waals surface area contributed by atoms with Crippen LogP contribution < -0.4 is 15.8 Å². The van der Waals surface area contributed by atoms with Gasteiger partial charge in [-0.3, -0.25) is 0 Å². The summed E-state index contributed by atoms with van der Waals surface area (Å²) in [5, 5.41) is 4.00. The number of benzene rings is 1. The van der Waals surface area contributed by atoms with Gasteiger partial charge in [0.25, 0.3) is 0 Å². The molecular weight excluding hydrogens is 236 g/mol. The average Bonchev–Trinajstić information content (AvgIpc) is 2.28. The first kappa shape index (κ1) is 14.1. The lowest BCUT2D eigenvalue weighted by atomic mass is 10.1. The third-order valence-corrected chi connectivity index (χ3v) is 2.95. The van der Waals surface area contributed by atoms with E-state index in [4.69, 9.17) is 22.1 Å². The Kier molecular flexibility index (Phi) is 5.59. The van der Waals surface area contributed by atoms with E-state index in [1.165, 1.54) is 0 Å². The Labute approximate surface area is 108 Å². The number of ether oxygens (including phenoxy) is 1. The topological polar surface area (TPSA) is 47.3 Å². The van der Waals surface area contributed by atoms with Crippen molar-refractivity contribution in [2.24, 2.45) is 5.73 Å². The summed E-state index contributed by atoms with van der Waals surface area (Å²) in [5.41, 5.74) is 7.89. The standard InChI is InChI=1S/C13H21ClN2O/c1-9-7-13(17-3)11(14)8-12(9)16-6-4-5-10(2)15/h7-8,10,16H,4-6,15H2,1-3H3. The van der Waals surface area contributed by atoms with Crippen LogP contribution in [0, 0.1) is 6.92 Å². The highest BCUT2D eigenvalue weighted by Gasteiger charge is 2.05. The Morgan fingerprint density at radius 1 is 1.47 bits per heavy atom. The lowest BCUT2D eigenvalue weighted by molar-refractivity contribution is 0.415.